The van der Waals surface area contributed by atoms with Gasteiger partial charge in [0.2, 0.25) is 11.4 Å². The first-order valence-electron chi connectivity index (χ1n) is 11.0. The van der Waals surface area contributed by atoms with E-state index in [2.05, 4.69) is 47.3 Å². The number of fused-ring (bicyclic) bond motifs is 1. The van der Waals surface area contributed by atoms with Crippen LogP contribution >= 0.6 is 0 Å². The van der Waals surface area contributed by atoms with Crippen molar-refractivity contribution in [3.05, 3.63) is 93.0 Å². The Morgan fingerprint density at radius 3 is 2.67 bits per heavy atom. The van der Waals surface area contributed by atoms with E-state index in [4.69, 9.17) is 0 Å². The first-order valence-corrected chi connectivity index (χ1v) is 11.0. The number of carboxylic acid groups (broad SMARTS) is 1. The van der Waals surface area contributed by atoms with Gasteiger partial charge in [0.25, 0.3) is 0 Å². The number of carbonyl (C=O) groups is 1. The van der Waals surface area contributed by atoms with Gasteiger partial charge in [-0.05, 0) is 67.6 Å². The maximum Gasteiger partial charge on any atom is 0.341 e. The molecule has 166 valence electrons. The molecule has 2 N–H and O–H groups in total. The zero-order valence-corrected chi connectivity index (χ0v) is 18.5. The predicted molar refractivity (Wildman–Crippen MR) is 127 cm³/mol. The number of hydrogen-bond donors (Lipinski definition) is 2. The summed E-state index contributed by atoms with van der Waals surface area (Å²) in [6, 6.07) is 13.8. The van der Waals surface area contributed by atoms with Crippen LogP contribution in [-0.2, 0) is 6.42 Å². The van der Waals surface area contributed by atoms with Crippen LogP contribution in [0.3, 0.4) is 0 Å². The number of nitrogens with zero attached hydrogens (tertiary/aromatic N) is 3. The molecule has 2 aromatic carbocycles. The van der Waals surface area contributed by atoms with Gasteiger partial charge in [0.15, 0.2) is 0 Å². The second kappa shape index (κ2) is 8.16. The van der Waals surface area contributed by atoms with Crippen LogP contribution in [0.4, 0.5) is 11.6 Å². The minimum atomic E-state index is -1.20. The summed E-state index contributed by atoms with van der Waals surface area (Å²) in [6.45, 7) is 4.20. The molecule has 4 aromatic rings. The Balaban J connectivity index is 1.46. The number of aromatic nitrogens is 3. The molecule has 33 heavy (non-hydrogen) atoms. The highest BCUT2D eigenvalue weighted by Crippen LogP contribution is 2.37. The van der Waals surface area contributed by atoms with Crippen LogP contribution in [0.2, 0.25) is 0 Å². The van der Waals surface area contributed by atoms with Crippen molar-refractivity contribution in [2.45, 2.75) is 39.2 Å². The van der Waals surface area contributed by atoms with Crippen molar-refractivity contribution in [3.63, 3.8) is 0 Å². The van der Waals surface area contributed by atoms with Crippen molar-refractivity contribution in [3.8, 4) is 0 Å². The molecule has 1 saturated carbocycles. The number of anilines is 2. The number of rotatable bonds is 6. The van der Waals surface area contributed by atoms with Gasteiger partial charge in [-0.2, -0.15) is 0 Å². The van der Waals surface area contributed by atoms with Crippen molar-refractivity contribution >= 4 is 28.5 Å². The Labute approximate surface area is 190 Å². The van der Waals surface area contributed by atoms with E-state index in [9.17, 15) is 14.7 Å². The Hall–Kier alpha value is -4.00. The molecule has 1 aliphatic rings. The molecular weight excluding hydrogens is 416 g/mol. The summed E-state index contributed by atoms with van der Waals surface area (Å²) in [7, 11) is 0. The second-order valence-corrected chi connectivity index (χ2v) is 8.64. The third kappa shape index (κ3) is 4.22. The smallest absolute Gasteiger partial charge is 0.341 e. The van der Waals surface area contributed by atoms with Crippen LogP contribution in [0, 0.1) is 13.8 Å². The lowest BCUT2D eigenvalue weighted by Gasteiger charge is -2.13. The van der Waals surface area contributed by atoms with Gasteiger partial charge in [0.1, 0.15) is 5.56 Å². The second-order valence-electron chi connectivity index (χ2n) is 8.64. The Morgan fingerprint density at radius 2 is 1.94 bits per heavy atom. The molecule has 0 amide bonds. The number of carboxylic acids is 1. The monoisotopic (exact) mass is 440 g/mol. The number of nitrogens with one attached hydrogen (secondary N) is 1. The number of benzene rings is 2. The fourth-order valence-electron chi connectivity index (χ4n) is 4.04. The molecule has 7 heteroatoms. The van der Waals surface area contributed by atoms with Crippen LogP contribution in [0.5, 0.6) is 0 Å². The first kappa shape index (κ1) is 20.9. The summed E-state index contributed by atoms with van der Waals surface area (Å²) in [4.78, 5) is 33.2. The molecule has 0 spiro atoms. The number of pyridine rings is 1. The molecule has 5 rings (SSSR count). The SMILES string of the molecule is Cc1ccc(Cc2ccnc(Nc3ccc4c(=O)c(C(=O)O)cn(C5CC5)c4c3)n2)cc1C. The molecular formula is C26H24N4O3. The quantitative estimate of drug-likeness (QED) is 0.448. The first-order chi connectivity index (χ1) is 15.9. The van der Waals surface area contributed by atoms with Gasteiger partial charge >= 0.3 is 5.97 Å². The van der Waals surface area contributed by atoms with Crippen molar-refractivity contribution in [1.29, 1.82) is 0 Å². The van der Waals surface area contributed by atoms with E-state index in [-0.39, 0.29) is 11.6 Å². The average Bonchev–Trinajstić information content (AvgIpc) is 3.62. The van der Waals surface area contributed by atoms with Gasteiger partial charge < -0.3 is 15.0 Å². The van der Waals surface area contributed by atoms with Crippen LogP contribution in [0.15, 0.2) is 59.7 Å². The normalized spacial score (nSPS) is 13.3. The topological polar surface area (TPSA) is 97.1 Å². The third-order valence-electron chi connectivity index (χ3n) is 6.13. The van der Waals surface area contributed by atoms with E-state index < -0.39 is 11.4 Å². The van der Waals surface area contributed by atoms with E-state index in [1.54, 1.807) is 18.3 Å². The molecule has 7 nitrogen and oxygen atoms in total. The van der Waals surface area contributed by atoms with E-state index in [1.165, 1.54) is 22.9 Å². The summed E-state index contributed by atoms with van der Waals surface area (Å²) >= 11 is 0. The highest BCUT2D eigenvalue weighted by Gasteiger charge is 2.26. The van der Waals surface area contributed by atoms with E-state index in [1.807, 2.05) is 16.7 Å². The summed E-state index contributed by atoms with van der Waals surface area (Å²) < 4.78 is 1.91. The van der Waals surface area contributed by atoms with Crippen LogP contribution < -0.4 is 10.7 Å². The molecule has 0 bridgehead atoms. The summed E-state index contributed by atoms with van der Waals surface area (Å²) in [5, 5.41) is 13.1. The summed E-state index contributed by atoms with van der Waals surface area (Å²) in [6.07, 6.45) is 5.84. The Morgan fingerprint density at radius 1 is 1.12 bits per heavy atom. The maximum atomic E-state index is 12.7. The lowest BCUT2D eigenvalue weighted by atomic mass is 10.0. The van der Waals surface area contributed by atoms with Gasteiger partial charge in [0.05, 0.1) is 11.2 Å². The molecule has 0 atom stereocenters. The van der Waals surface area contributed by atoms with Gasteiger partial charge in [-0.15, -0.1) is 0 Å². The highest BCUT2D eigenvalue weighted by molar-refractivity contribution is 5.93. The van der Waals surface area contributed by atoms with Crippen LogP contribution in [0.25, 0.3) is 10.9 Å². The van der Waals surface area contributed by atoms with Crippen molar-refractivity contribution in [2.24, 2.45) is 0 Å². The summed E-state index contributed by atoms with van der Waals surface area (Å²) in [5.41, 5.74) is 5.40. The van der Waals surface area contributed by atoms with Crippen molar-refractivity contribution < 1.29 is 9.90 Å². The van der Waals surface area contributed by atoms with Gasteiger partial charge in [0, 0.05) is 35.9 Å². The Kier molecular flexibility index (Phi) is 5.17. The molecule has 1 aliphatic carbocycles. The zero-order chi connectivity index (χ0) is 23.1. The standard InChI is InChI=1S/C26H24N4O3/c1-15-3-4-17(11-16(15)2)12-19-9-10-27-26(29-19)28-18-5-8-21-23(13-18)30(20-6-7-20)14-22(24(21)31)25(32)33/h3-5,8-11,13-14,20H,6-7,12H2,1-2H3,(H,32,33)(H,27,28,29). The molecule has 2 aromatic heterocycles. The number of hydrogen-bond acceptors (Lipinski definition) is 5. The van der Waals surface area contributed by atoms with Crippen molar-refractivity contribution in [1.82, 2.24) is 14.5 Å². The molecule has 0 radical (unpaired) electrons. The minimum absolute atomic E-state index is 0.197. The lowest BCUT2D eigenvalue weighted by Crippen LogP contribution is -2.18. The molecule has 1 fully saturated rings. The summed E-state index contributed by atoms with van der Waals surface area (Å²) in [5.74, 6) is -0.731. The fraction of sp³-hybridized carbons (Fsp3) is 0.231. The van der Waals surface area contributed by atoms with Gasteiger partial charge in [-0.1, -0.05) is 18.2 Å². The molecule has 0 aliphatic heterocycles. The highest BCUT2D eigenvalue weighted by atomic mass is 16.4. The van der Waals surface area contributed by atoms with Crippen molar-refractivity contribution in [2.75, 3.05) is 5.32 Å². The van der Waals surface area contributed by atoms with E-state index in [0.717, 1.165) is 24.2 Å². The van der Waals surface area contributed by atoms with Gasteiger partial charge in [-0.25, -0.2) is 14.8 Å². The fourth-order valence-corrected chi connectivity index (χ4v) is 4.04. The predicted octanol–water partition coefficient (Wildman–Crippen LogP) is 4.78. The van der Waals surface area contributed by atoms with E-state index >= 15 is 0 Å². The molecule has 0 unspecified atom stereocenters. The third-order valence-corrected chi connectivity index (χ3v) is 6.13. The number of aromatic carboxylic acids is 1. The molecule has 0 saturated heterocycles. The molecule has 2 heterocycles. The maximum absolute atomic E-state index is 12.7. The Bertz CT molecular complexity index is 1450. The minimum Gasteiger partial charge on any atom is -0.477 e. The van der Waals surface area contributed by atoms with Crippen LogP contribution in [-0.4, -0.2) is 25.6 Å². The lowest BCUT2D eigenvalue weighted by molar-refractivity contribution is 0.0695. The van der Waals surface area contributed by atoms with Gasteiger partial charge in [-0.3, -0.25) is 4.79 Å². The zero-order valence-electron chi connectivity index (χ0n) is 18.5. The largest absolute Gasteiger partial charge is 0.477 e. The average molecular weight is 441 g/mol. The van der Waals surface area contributed by atoms with E-state index in [0.29, 0.717) is 23.3 Å². The number of aryl methyl sites for hydroxylation is 2. The van der Waals surface area contributed by atoms with Crippen LogP contribution in [0.1, 0.15) is 51.6 Å².